The minimum atomic E-state index is -0.443. The summed E-state index contributed by atoms with van der Waals surface area (Å²) in [7, 11) is 0. The van der Waals surface area contributed by atoms with Crippen molar-refractivity contribution in [3.05, 3.63) is 390 Å². The quantitative estimate of drug-likeness (QED) is 0.0222. The number of nitrogens with zero attached hydrogens (tertiary/aromatic N) is 8. The third-order valence-electron chi connectivity index (χ3n) is 26.6. The summed E-state index contributed by atoms with van der Waals surface area (Å²) in [6, 6.07) is 63.1. The minimum absolute atomic E-state index is 0.0131. The second-order valence-electron chi connectivity index (χ2n) is 34.3. The van der Waals surface area contributed by atoms with E-state index in [2.05, 4.69) is 6.07 Å². The monoisotopic (exact) mass is 1830 g/mol. The molecule has 27 nitrogen and oxygen atoms in total. The van der Waals surface area contributed by atoms with Crippen LogP contribution in [0.1, 0.15) is 183 Å². The summed E-state index contributed by atoms with van der Waals surface area (Å²) < 4.78 is 27.8. The van der Waals surface area contributed by atoms with Crippen LogP contribution in [-0.4, -0.2) is 156 Å². The lowest BCUT2D eigenvalue weighted by Crippen LogP contribution is -2.32. The molecule has 0 radical (unpaired) electrons. The molecule has 0 aromatic heterocycles. The van der Waals surface area contributed by atoms with Crippen molar-refractivity contribution in [3.63, 3.8) is 0 Å². The summed E-state index contributed by atoms with van der Waals surface area (Å²) in [5, 5.41) is 127. The zero-order valence-electron chi connectivity index (χ0n) is 73.8. The minimum Gasteiger partial charge on any atom is -0.395 e. The number of carbonyl (C=O) groups excluding carboxylic acids is 5. The van der Waals surface area contributed by atoms with Gasteiger partial charge in [-0.15, -0.1) is 0 Å². The van der Waals surface area contributed by atoms with Gasteiger partial charge in [0.25, 0.3) is 11.4 Å². The number of anilines is 5. The number of ketones is 5. The molecule has 10 N–H and O–H groups in total. The number of hydrogen-bond acceptors (Lipinski definition) is 25. The van der Waals surface area contributed by atoms with E-state index in [0.29, 0.717) is 141 Å². The van der Waals surface area contributed by atoms with Gasteiger partial charge in [0.05, 0.1) is 87.5 Å². The molecule has 5 atom stereocenters. The maximum Gasteiger partial charge on any atom is 0.269 e. The molecule has 0 fully saturated rings. The van der Waals surface area contributed by atoms with Crippen molar-refractivity contribution in [2.45, 2.75) is 127 Å². The zero-order valence-corrected chi connectivity index (χ0v) is 73.8. The van der Waals surface area contributed by atoms with Crippen LogP contribution in [0.5, 0.6) is 0 Å². The highest BCUT2D eigenvalue weighted by Gasteiger charge is 2.47. The van der Waals surface area contributed by atoms with Crippen molar-refractivity contribution in [1.82, 2.24) is 0 Å². The Bertz CT molecular complexity index is 6610. The van der Waals surface area contributed by atoms with Gasteiger partial charge in [0.2, 0.25) is 0 Å². The van der Waals surface area contributed by atoms with Gasteiger partial charge in [0.1, 0.15) is 11.6 Å². The van der Waals surface area contributed by atoms with Gasteiger partial charge in [0, 0.05) is 203 Å². The lowest BCUT2D eigenvalue weighted by atomic mass is 9.79. The number of halogens is 2. The van der Waals surface area contributed by atoms with Crippen LogP contribution >= 0.6 is 0 Å². The fraction of sp³-hybridized carbons (Fsp3) is 0.283. The predicted molar refractivity (Wildman–Crippen MR) is 500 cm³/mol. The molecule has 29 heteroatoms. The number of carbonyl (C=O) groups is 5. The van der Waals surface area contributed by atoms with Gasteiger partial charge in [0.15, 0.2) is 28.9 Å². The number of hydrogen-bond donors (Lipinski definition) is 10. The summed E-state index contributed by atoms with van der Waals surface area (Å²) in [6.07, 6.45) is 5.15. The van der Waals surface area contributed by atoms with E-state index >= 15 is 0 Å². The van der Waals surface area contributed by atoms with Crippen molar-refractivity contribution in [3.8, 4) is 6.07 Å². The molecular weight excluding hydrogens is 1730 g/mol. The first kappa shape index (κ1) is 94.2. The third-order valence-corrected chi connectivity index (χ3v) is 26.6. The molecule has 10 aromatic rings. The molecule has 0 spiro atoms. The number of fused-ring (bicyclic) bond motifs is 5. The maximum absolute atomic E-state index is 13.9. The van der Waals surface area contributed by atoms with E-state index in [1.54, 1.807) is 48.5 Å². The van der Waals surface area contributed by atoms with Crippen molar-refractivity contribution >= 4 is 68.7 Å². The van der Waals surface area contributed by atoms with E-state index in [-0.39, 0.29) is 136 Å². The lowest BCUT2D eigenvalue weighted by molar-refractivity contribution is -0.385. The number of rotatable bonds is 22. The highest BCUT2D eigenvalue weighted by atomic mass is 19.1. The van der Waals surface area contributed by atoms with E-state index in [1.165, 1.54) is 48.5 Å². The predicted octanol–water partition coefficient (Wildman–Crippen LogP) is 13.7. The summed E-state index contributed by atoms with van der Waals surface area (Å²) in [4.78, 5) is 95.3. The molecule has 0 bridgehead atoms. The zero-order chi connectivity index (χ0) is 95.2. The standard InChI is InChI=1S/C22H20N2O3.2C21H20FNO3.2C21H20N2O5/c23-12-14-2-1-3-16(10-14)21-17-11-15(13-26)4-5-18(17)24(8-9-25)19-6-7-20(27)22(19)21;22-15-3-1-2-14(11-15)20-16-10-13(12-25)4-5-17(16)23(8-9-24)18-6-7-19(26)21(18)20;22-15-3-1-2-14(11-15)20-16-5-4-13(12-25)10-18(16)23(8-9-24)17-6-7-19(26)21(17)20;24-9-8-22-17-5-4-13(12-25)10-16(17)20(21-18(22)6-7-19(21)26)14-2-1-3-15(11-14)23(27)28;24-9-8-22-17-6-7-19(26)21(17)20(14-2-1-3-15(11-14)23(27)28)16-5-4-13(12-25)10-18(16)22/h1-5,10-11,21,25-26H,6-9,13H2;2*1-5,10-11,20,24-25H,6-9,12H2;2*1-5,10-11,20,24-25H,6-9,12H2. The summed E-state index contributed by atoms with van der Waals surface area (Å²) in [5.74, 6) is -2.13. The number of nitriles is 1. The Morgan fingerprint density at radius 3 is 0.822 bits per heavy atom. The number of benzene rings is 10. The Morgan fingerprint density at radius 1 is 0.296 bits per heavy atom. The first-order valence-electron chi connectivity index (χ1n) is 45.0. The largest absolute Gasteiger partial charge is 0.395 e. The highest BCUT2D eigenvalue weighted by Crippen LogP contribution is 2.56. The van der Waals surface area contributed by atoms with E-state index in [0.717, 1.165) is 129 Å². The molecule has 0 amide bonds. The van der Waals surface area contributed by atoms with Gasteiger partial charge in [-0.05, 0) is 182 Å². The number of non-ortho nitro benzene ring substituents is 2. The van der Waals surface area contributed by atoms with Gasteiger partial charge < -0.3 is 75.6 Å². The number of aliphatic hydroxyl groups excluding tert-OH is 10. The molecular formula is C106H100F2N8O19. The Kier molecular flexibility index (Phi) is 28.8. The van der Waals surface area contributed by atoms with Crippen molar-refractivity contribution < 1.29 is 93.7 Å². The Balaban J connectivity index is 0.000000123. The molecule has 10 aliphatic rings. The summed E-state index contributed by atoms with van der Waals surface area (Å²) in [5.41, 5.74) is 24.7. The second kappa shape index (κ2) is 41.2. The highest BCUT2D eigenvalue weighted by molar-refractivity contribution is 6.07. The van der Waals surface area contributed by atoms with Gasteiger partial charge in [-0.3, -0.25) is 44.2 Å². The molecule has 5 aliphatic carbocycles. The lowest BCUT2D eigenvalue weighted by Gasteiger charge is -2.37. The molecule has 0 saturated heterocycles. The fourth-order valence-electron chi connectivity index (χ4n) is 21.0. The van der Waals surface area contributed by atoms with Crippen LogP contribution in [0, 0.1) is 43.2 Å². The third kappa shape index (κ3) is 18.4. The van der Waals surface area contributed by atoms with Crippen LogP contribution in [-0.2, 0) is 57.0 Å². The molecule has 5 heterocycles. The summed E-state index contributed by atoms with van der Waals surface area (Å²) in [6.45, 7) is 1.13. The molecule has 692 valence electrons. The van der Waals surface area contributed by atoms with Crippen LogP contribution in [0.3, 0.4) is 0 Å². The van der Waals surface area contributed by atoms with Crippen LogP contribution in [0.2, 0.25) is 0 Å². The number of allylic oxidation sites excluding steroid dienone is 10. The van der Waals surface area contributed by atoms with Gasteiger partial charge in [-0.1, -0.05) is 121 Å². The van der Waals surface area contributed by atoms with Gasteiger partial charge in [-0.2, -0.15) is 5.26 Å². The molecule has 5 aliphatic heterocycles. The molecule has 135 heavy (non-hydrogen) atoms. The number of Topliss-reactive ketones (excluding diaryl/α,β-unsaturated/α-hetero) is 5. The summed E-state index contributed by atoms with van der Waals surface area (Å²) >= 11 is 0. The molecule has 0 saturated carbocycles. The van der Waals surface area contributed by atoms with E-state index in [4.69, 9.17) is 0 Å². The molecule has 20 rings (SSSR count). The molecule has 10 aromatic carbocycles. The normalized spacial score (nSPS) is 18.6. The number of aliphatic hydroxyl groups is 10. The maximum atomic E-state index is 13.9. The van der Waals surface area contributed by atoms with Crippen LogP contribution in [0.15, 0.2) is 269 Å². The fourth-order valence-corrected chi connectivity index (χ4v) is 21.0. The van der Waals surface area contributed by atoms with Crippen molar-refractivity contribution in [2.24, 2.45) is 0 Å². The molecule has 5 unspecified atom stereocenters. The Labute approximate surface area is 776 Å². The topological polar surface area (TPSA) is 414 Å². The first-order chi connectivity index (χ1) is 65.5. The van der Waals surface area contributed by atoms with Gasteiger partial charge in [-0.25, -0.2) is 8.78 Å². The average molecular weight is 1830 g/mol. The first-order valence-corrected chi connectivity index (χ1v) is 45.0. The van der Waals surface area contributed by atoms with Crippen LogP contribution in [0.25, 0.3) is 0 Å². The Morgan fingerprint density at radius 2 is 0.548 bits per heavy atom. The number of nitro benzene ring substituents is 2. The average Bonchev–Trinajstić information content (AvgIpc) is 1.61. The smallest absolute Gasteiger partial charge is 0.269 e. The number of β-amino-alcohol motifs (C(OH)–C–C–N with tert-alkyl or cyclic N) is 5. The second-order valence-corrected chi connectivity index (χ2v) is 34.3. The van der Waals surface area contributed by atoms with E-state index in [9.17, 15) is 109 Å². The SMILES string of the molecule is N#Cc1cccc(C2C3=C(CCC3=O)N(CCO)c3ccc(CO)cc32)c1.O=C1CCC2=C1C(c1cccc(F)c1)c1cc(CO)ccc1N2CCO.O=C1CCC2=C1C(c1cccc(F)c1)c1ccc(CO)cc1N2CCO.O=C1CCC2=C1C(c1cccc([N+](=O)[O-])c1)c1cc(CO)ccc1N2CCO.O=C1CCC2=C1C(c1cccc([N+](=O)[O-])c1)c1ccc(CO)cc1N2CCO. The Hall–Kier alpha value is -14.0. The van der Waals surface area contributed by atoms with Crippen molar-refractivity contribution in [1.29, 1.82) is 5.26 Å². The van der Waals surface area contributed by atoms with Gasteiger partial charge >= 0.3 is 0 Å². The number of nitro groups is 2. The van der Waals surface area contributed by atoms with E-state index in [1.807, 2.05) is 140 Å². The van der Waals surface area contributed by atoms with Crippen LogP contribution < -0.4 is 24.5 Å². The van der Waals surface area contributed by atoms with E-state index < -0.39 is 21.7 Å². The van der Waals surface area contributed by atoms with Crippen LogP contribution in [0.4, 0.5) is 48.6 Å². The van der Waals surface area contributed by atoms with Crippen molar-refractivity contribution in [2.75, 3.05) is 90.3 Å².